The molecule has 0 rings (SSSR count). The number of hydrogen-bond acceptors (Lipinski definition) is 3. The first kappa shape index (κ1) is 13.7. The van der Waals surface area contributed by atoms with Crippen LogP contribution in [0.15, 0.2) is 0 Å². The molecule has 3 nitrogen and oxygen atoms in total. The predicted molar refractivity (Wildman–Crippen MR) is 45.1 cm³/mol. The number of halogens is 4. The molecule has 0 saturated heterocycles. The van der Waals surface area contributed by atoms with E-state index in [2.05, 4.69) is 4.74 Å². The van der Waals surface area contributed by atoms with Crippen molar-refractivity contribution in [3.05, 3.63) is 0 Å². The maximum absolute atomic E-state index is 12.1. The first-order valence-electron chi connectivity index (χ1n) is 3.58. The second kappa shape index (κ2) is 5.55. The van der Waals surface area contributed by atoms with E-state index >= 15 is 0 Å². The molecule has 8 heteroatoms. The van der Waals surface area contributed by atoms with Gasteiger partial charge >= 0.3 is 12.1 Å². The average molecular weight is 253 g/mol. The molecule has 0 aliphatic rings. The predicted octanol–water partition coefficient (Wildman–Crippen LogP) is 1.77. The van der Waals surface area contributed by atoms with Gasteiger partial charge in [-0.3, -0.25) is 4.79 Å². The van der Waals surface area contributed by atoms with Crippen molar-refractivity contribution in [2.24, 2.45) is 0 Å². The van der Waals surface area contributed by atoms with E-state index in [1.54, 1.807) is 0 Å². The number of ether oxygens (including phenoxy) is 1. The highest BCUT2D eigenvalue weighted by molar-refractivity contribution is 8.08. The van der Waals surface area contributed by atoms with E-state index in [1.165, 1.54) is 6.92 Å². The van der Waals surface area contributed by atoms with Gasteiger partial charge < -0.3 is 4.74 Å². The van der Waals surface area contributed by atoms with E-state index < -0.39 is 33.8 Å². The van der Waals surface area contributed by atoms with Gasteiger partial charge in [-0.15, -0.1) is 0 Å². The van der Waals surface area contributed by atoms with Gasteiger partial charge in [0.1, 0.15) is 10.0 Å². The monoisotopic (exact) mass is 252 g/mol. The van der Waals surface area contributed by atoms with Crippen LogP contribution in [0.1, 0.15) is 13.3 Å². The van der Waals surface area contributed by atoms with E-state index in [-0.39, 0.29) is 6.61 Å². The van der Waals surface area contributed by atoms with Crippen LogP contribution < -0.4 is 0 Å². The fourth-order valence-electron chi connectivity index (χ4n) is 0.658. The number of alkyl halides is 3. The molecule has 0 bridgehead atoms. The molecule has 2 unspecified atom stereocenters. The molecular weight excluding hydrogens is 245 g/mol. The molecule has 2 atom stereocenters. The highest BCUT2D eigenvalue weighted by atomic mass is 35.7. The minimum absolute atomic E-state index is 0.0294. The largest absolute Gasteiger partial charge is 0.466 e. The number of carbonyl (C=O) groups excluding carboxylic acids is 1. The smallest absolute Gasteiger partial charge is 0.404 e. The highest BCUT2D eigenvalue weighted by Crippen LogP contribution is 2.28. The molecule has 0 spiro atoms. The van der Waals surface area contributed by atoms with Crippen LogP contribution >= 0.6 is 10.7 Å². The molecular formula is C6H8ClF3O3S. The molecule has 0 aromatic carbocycles. The quantitative estimate of drug-likeness (QED) is 0.566. The van der Waals surface area contributed by atoms with Crippen molar-refractivity contribution in [1.29, 1.82) is 0 Å². The Balaban J connectivity index is 4.40. The molecule has 0 aliphatic heterocycles. The SMILES string of the molecule is CCOC(=O)CC(S(=O)Cl)C(F)(F)F. The fraction of sp³-hybridized carbons (Fsp3) is 0.833. The summed E-state index contributed by atoms with van der Waals surface area (Å²) in [5, 5.41) is -2.37. The molecule has 0 amide bonds. The Labute approximate surface area is 85.5 Å². The van der Waals surface area contributed by atoms with Gasteiger partial charge in [0.15, 0.2) is 5.25 Å². The summed E-state index contributed by atoms with van der Waals surface area (Å²) in [4.78, 5) is 10.7. The van der Waals surface area contributed by atoms with Crippen molar-refractivity contribution in [3.63, 3.8) is 0 Å². The van der Waals surface area contributed by atoms with Crippen LogP contribution in [0.4, 0.5) is 13.2 Å². The zero-order chi connectivity index (χ0) is 11.4. The molecule has 0 aromatic heterocycles. The lowest BCUT2D eigenvalue weighted by atomic mass is 10.3. The Kier molecular flexibility index (Phi) is 5.43. The first-order valence-corrected chi connectivity index (χ1v) is 5.62. The molecule has 84 valence electrons. The molecule has 0 fully saturated rings. The lowest BCUT2D eigenvalue weighted by molar-refractivity contribution is -0.154. The molecule has 0 heterocycles. The van der Waals surface area contributed by atoms with Gasteiger partial charge in [-0.1, -0.05) is 0 Å². The minimum Gasteiger partial charge on any atom is -0.466 e. The van der Waals surface area contributed by atoms with E-state index in [9.17, 15) is 22.2 Å². The van der Waals surface area contributed by atoms with Crippen LogP contribution in [0.3, 0.4) is 0 Å². The highest BCUT2D eigenvalue weighted by Gasteiger charge is 2.45. The summed E-state index contributed by atoms with van der Waals surface area (Å²) in [6.45, 7) is 1.43. The van der Waals surface area contributed by atoms with E-state index in [0.717, 1.165) is 0 Å². The lowest BCUT2D eigenvalue weighted by Gasteiger charge is -2.15. The third-order valence-corrected chi connectivity index (χ3v) is 2.77. The summed E-state index contributed by atoms with van der Waals surface area (Å²) < 4.78 is 51.0. The third-order valence-electron chi connectivity index (χ3n) is 1.25. The van der Waals surface area contributed by atoms with Crippen molar-refractivity contribution in [2.75, 3.05) is 6.61 Å². The molecule has 0 aliphatic carbocycles. The molecule has 0 N–H and O–H groups in total. The number of esters is 1. The van der Waals surface area contributed by atoms with Crippen LogP contribution in [0.2, 0.25) is 0 Å². The first-order chi connectivity index (χ1) is 6.29. The Hall–Kier alpha value is -0.300. The second-order valence-corrected chi connectivity index (χ2v) is 4.27. The normalized spacial score (nSPS) is 16.1. The number of hydrogen-bond donors (Lipinski definition) is 0. The standard InChI is InChI=1S/C6H8ClF3O3S/c1-2-13-5(11)3-4(14(7)12)6(8,9)10/h4H,2-3H2,1H3. The Morgan fingerprint density at radius 2 is 2.07 bits per heavy atom. The van der Waals surface area contributed by atoms with E-state index in [4.69, 9.17) is 10.7 Å². The van der Waals surface area contributed by atoms with Crippen molar-refractivity contribution in [1.82, 2.24) is 0 Å². The minimum atomic E-state index is -4.76. The van der Waals surface area contributed by atoms with Crippen LogP contribution in [-0.2, 0) is 19.5 Å². The summed E-state index contributed by atoms with van der Waals surface area (Å²) in [6.07, 6.45) is -5.78. The summed E-state index contributed by atoms with van der Waals surface area (Å²) in [5.74, 6) is -1.07. The average Bonchev–Trinajstić information content (AvgIpc) is 1.98. The van der Waals surface area contributed by atoms with Gasteiger partial charge in [-0.25, -0.2) is 4.21 Å². The number of carbonyl (C=O) groups is 1. The van der Waals surface area contributed by atoms with Crippen molar-refractivity contribution < 1.29 is 26.9 Å². The van der Waals surface area contributed by atoms with Gasteiger partial charge in [0.2, 0.25) is 0 Å². The Morgan fingerprint density at radius 1 is 1.57 bits per heavy atom. The zero-order valence-corrected chi connectivity index (χ0v) is 8.71. The van der Waals surface area contributed by atoms with Gasteiger partial charge in [0, 0.05) is 0 Å². The maximum atomic E-state index is 12.1. The summed E-state index contributed by atoms with van der Waals surface area (Å²) in [7, 11) is 2.17. The molecule has 0 radical (unpaired) electrons. The van der Waals surface area contributed by atoms with Crippen LogP contribution in [0, 0.1) is 0 Å². The second-order valence-electron chi connectivity index (χ2n) is 2.29. The van der Waals surface area contributed by atoms with Gasteiger partial charge in [0.05, 0.1) is 13.0 Å². The summed E-state index contributed by atoms with van der Waals surface area (Å²) in [6, 6.07) is 0. The molecule has 0 saturated carbocycles. The number of rotatable bonds is 4. The fourth-order valence-corrected chi connectivity index (χ4v) is 1.63. The summed E-state index contributed by atoms with van der Waals surface area (Å²) >= 11 is 0. The third kappa shape index (κ3) is 4.80. The Morgan fingerprint density at radius 3 is 2.36 bits per heavy atom. The van der Waals surface area contributed by atoms with E-state index in [1.807, 2.05) is 0 Å². The van der Waals surface area contributed by atoms with Crippen LogP contribution in [-0.4, -0.2) is 28.2 Å². The van der Waals surface area contributed by atoms with Crippen LogP contribution in [0.25, 0.3) is 0 Å². The van der Waals surface area contributed by atoms with Gasteiger partial charge in [-0.05, 0) is 17.6 Å². The topological polar surface area (TPSA) is 43.4 Å². The maximum Gasteiger partial charge on any atom is 0.404 e. The van der Waals surface area contributed by atoms with Crippen molar-refractivity contribution in [2.45, 2.75) is 24.8 Å². The van der Waals surface area contributed by atoms with Crippen molar-refractivity contribution in [3.8, 4) is 0 Å². The van der Waals surface area contributed by atoms with Gasteiger partial charge in [-0.2, -0.15) is 13.2 Å². The van der Waals surface area contributed by atoms with E-state index in [0.29, 0.717) is 0 Å². The summed E-state index contributed by atoms with van der Waals surface area (Å²) in [5.41, 5.74) is 0. The molecule has 0 aromatic rings. The van der Waals surface area contributed by atoms with Crippen molar-refractivity contribution >= 4 is 26.7 Å². The Bertz CT molecular complexity index is 231. The van der Waals surface area contributed by atoms with Crippen LogP contribution in [0.5, 0.6) is 0 Å². The lowest BCUT2D eigenvalue weighted by Crippen LogP contribution is -2.33. The molecule has 14 heavy (non-hydrogen) atoms. The zero-order valence-electron chi connectivity index (χ0n) is 7.14. The van der Waals surface area contributed by atoms with Gasteiger partial charge in [0.25, 0.3) is 0 Å².